The molecule has 1 aromatic carbocycles. The van der Waals surface area contributed by atoms with Crippen molar-refractivity contribution in [2.75, 3.05) is 18.4 Å². The molecule has 0 spiro atoms. The summed E-state index contributed by atoms with van der Waals surface area (Å²) in [5.74, 6) is 0.391. The Balaban J connectivity index is 0.00000225. The molecule has 7 heteroatoms. The number of carbonyl (C=O) groups is 2. The smallest absolute Gasteiger partial charge is 0.255 e. The highest BCUT2D eigenvalue weighted by Gasteiger charge is 2.34. The van der Waals surface area contributed by atoms with E-state index in [9.17, 15) is 9.59 Å². The van der Waals surface area contributed by atoms with Crippen LogP contribution >= 0.6 is 24.0 Å². The molecule has 2 amide bonds. The summed E-state index contributed by atoms with van der Waals surface area (Å²) in [7, 11) is 0. The molecule has 28 heavy (non-hydrogen) atoms. The first kappa shape index (κ1) is 21.4. The number of amides is 2. The minimum Gasteiger partial charge on any atom is -0.339 e. The zero-order valence-corrected chi connectivity index (χ0v) is 17.7. The maximum Gasteiger partial charge on any atom is 0.255 e. The van der Waals surface area contributed by atoms with Gasteiger partial charge in [-0.05, 0) is 69.1 Å². The summed E-state index contributed by atoms with van der Waals surface area (Å²) in [6, 6.07) is 6.30. The average Bonchev–Trinajstić information content (AvgIpc) is 3.00. The third kappa shape index (κ3) is 5.00. The molecule has 2 atom stereocenters. The second-order valence-corrected chi connectivity index (χ2v) is 8.71. The van der Waals surface area contributed by atoms with Gasteiger partial charge in [0.2, 0.25) is 5.91 Å². The molecule has 0 aliphatic carbocycles. The standard InChI is InChI=1S/C21H28ClN3O2.ClH/c22-15-4-7-18(21(27)25-8-2-1-3-9-25)19(13-15)24-20(26)12-14-10-16-5-6-17(11-14)23-16;/h4,7,13-14,16-17,23H,1-3,5-6,8-12H2,(H,24,26);1H. The number of halogens is 2. The van der Waals surface area contributed by atoms with Crippen LogP contribution in [0.4, 0.5) is 5.69 Å². The van der Waals surface area contributed by atoms with Crippen LogP contribution in [-0.2, 0) is 4.79 Å². The van der Waals surface area contributed by atoms with E-state index in [0.717, 1.165) is 38.8 Å². The molecule has 3 fully saturated rings. The van der Waals surface area contributed by atoms with Crippen molar-refractivity contribution in [1.29, 1.82) is 0 Å². The van der Waals surface area contributed by atoms with Gasteiger partial charge >= 0.3 is 0 Å². The van der Waals surface area contributed by atoms with Gasteiger partial charge in [0.15, 0.2) is 0 Å². The van der Waals surface area contributed by atoms with E-state index in [1.807, 2.05) is 4.90 Å². The Morgan fingerprint density at radius 2 is 1.79 bits per heavy atom. The van der Waals surface area contributed by atoms with Crippen LogP contribution < -0.4 is 10.6 Å². The van der Waals surface area contributed by atoms with E-state index in [-0.39, 0.29) is 24.2 Å². The third-order valence-electron chi connectivity index (χ3n) is 6.17. The van der Waals surface area contributed by atoms with Gasteiger partial charge in [-0.25, -0.2) is 0 Å². The summed E-state index contributed by atoms with van der Waals surface area (Å²) >= 11 is 6.14. The number of hydrogen-bond donors (Lipinski definition) is 2. The maximum atomic E-state index is 12.9. The lowest BCUT2D eigenvalue weighted by molar-refractivity contribution is -0.117. The van der Waals surface area contributed by atoms with E-state index in [1.165, 1.54) is 19.3 Å². The summed E-state index contributed by atoms with van der Waals surface area (Å²) in [6.45, 7) is 1.57. The number of nitrogens with zero attached hydrogens (tertiary/aromatic N) is 1. The Labute approximate surface area is 178 Å². The Morgan fingerprint density at radius 1 is 1.11 bits per heavy atom. The summed E-state index contributed by atoms with van der Waals surface area (Å²) in [6.07, 6.45) is 8.36. The quantitative estimate of drug-likeness (QED) is 0.757. The Morgan fingerprint density at radius 3 is 2.46 bits per heavy atom. The van der Waals surface area contributed by atoms with Gasteiger partial charge in [0.25, 0.3) is 5.91 Å². The van der Waals surface area contributed by atoms with E-state index in [4.69, 9.17) is 11.6 Å². The second kappa shape index (κ2) is 9.47. The van der Waals surface area contributed by atoms with Crippen molar-refractivity contribution in [2.45, 2.75) is 63.5 Å². The van der Waals surface area contributed by atoms with Crippen molar-refractivity contribution in [1.82, 2.24) is 10.2 Å². The van der Waals surface area contributed by atoms with Gasteiger partial charge < -0.3 is 15.5 Å². The largest absolute Gasteiger partial charge is 0.339 e. The molecule has 2 N–H and O–H groups in total. The van der Waals surface area contributed by atoms with Crippen molar-refractivity contribution >= 4 is 41.5 Å². The zero-order chi connectivity index (χ0) is 18.8. The molecule has 5 nitrogen and oxygen atoms in total. The van der Waals surface area contributed by atoms with Crippen LogP contribution in [-0.4, -0.2) is 41.9 Å². The molecular weight excluding hydrogens is 397 g/mol. The molecule has 0 saturated carbocycles. The number of hydrogen-bond acceptors (Lipinski definition) is 3. The monoisotopic (exact) mass is 425 g/mol. The van der Waals surface area contributed by atoms with Crippen LogP contribution in [0, 0.1) is 5.92 Å². The number of rotatable bonds is 4. The second-order valence-electron chi connectivity index (χ2n) is 8.27. The molecule has 4 rings (SSSR count). The van der Waals surface area contributed by atoms with Crippen LogP contribution in [0.3, 0.4) is 0 Å². The highest BCUT2D eigenvalue weighted by Crippen LogP contribution is 2.33. The predicted molar refractivity (Wildman–Crippen MR) is 114 cm³/mol. The number of likely N-dealkylation sites (tertiary alicyclic amines) is 1. The SMILES string of the molecule is Cl.O=C(CC1CC2CCC(C1)N2)Nc1cc(Cl)ccc1C(=O)N1CCCCC1. The topological polar surface area (TPSA) is 61.4 Å². The van der Waals surface area contributed by atoms with E-state index >= 15 is 0 Å². The minimum atomic E-state index is -0.0174. The van der Waals surface area contributed by atoms with E-state index in [1.54, 1.807) is 18.2 Å². The first-order valence-electron chi connectivity index (χ1n) is 10.2. The van der Waals surface area contributed by atoms with Crippen molar-refractivity contribution in [3.05, 3.63) is 28.8 Å². The number of piperidine rings is 2. The number of carbonyl (C=O) groups excluding carboxylic acids is 2. The van der Waals surface area contributed by atoms with Gasteiger partial charge in [0.05, 0.1) is 11.3 Å². The van der Waals surface area contributed by atoms with Gasteiger partial charge in [-0.15, -0.1) is 12.4 Å². The molecule has 3 heterocycles. The molecule has 3 aliphatic heterocycles. The summed E-state index contributed by atoms with van der Waals surface area (Å²) in [5, 5.41) is 7.12. The summed E-state index contributed by atoms with van der Waals surface area (Å²) in [4.78, 5) is 27.5. The van der Waals surface area contributed by atoms with Crippen LogP contribution in [0.25, 0.3) is 0 Å². The van der Waals surface area contributed by atoms with Crippen molar-refractivity contribution in [3.63, 3.8) is 0 Å². The normalized spacial score (nSPS) is 26.5. The number of anilines is 1. The maximum absolute atomic E-state index is 12.9. The van der Waals surface area contributed by atoms with Gasteiger partial charge in [0, 0.05) is 36.6 Å². The molecular formula is C21H29Cl2N3O2. The molecule has 0 aromatic heterocycles. The molecule has 2 unspecified atom stereocenters. The first-order valence-corrected chi connectivity index (χ1v) is 10.6. The summed E-state index contributed by atoms with van der Waals surface area (Å²) in [5.41, 5.74) is 1.08. The van der Waals surface area contributed by atoms with Gasteiger partial charge in [0.1, 0.15) is 0 Å². The van der Waals surface area contributed by atoms with Crippen molar-refractivity contribution in [2.24, 2.45) is 5.92 Å². The van der Waals surface area contributed by atoms with Crippen molar-refractivity contribution in [3.8, 4) is 0 Å². The van der Waals surface area contributed by atoms with E-state index in [2.05, 4.69) is 10.6 Å². The Bertz CT molecular complexity index is 710. The van der Waals surface area contributed by atoms with E-state index < -0.39 is 0 Å². The third-order valence-corrected chi connectivity index (χ3v) is 6.41. The molecule has 1 aromatic rings. The molecule has 3 aliphatic rings. The lowest BCUT2D eigenvalue weighted by Gasteiger charge is -2.29. The molecule has 3 saturated heterocycles. The fraction of sp³-hybridized carbons (Fsp3) is 0.619. The molecule has 2 bridgehead atoms. The van der Waals surface area contributed by atoms with Crippen LogP contribution in [0.5, 0.6) is 0 Å². The number of benzene rings is 1. The van der Waals surface area contributed by atoms with Gasteiger partial charge in [-0.3, -0.25) is 9.59 Å². The number of fused-ring (bicyclic) bond motifs is 2. The van der Waals surface area contributed by atoms with Gasteiger partial charge in [-0.2, -0.15) is 0 Å². The highest BCUT2D eigenvalue weighted by atomic mass is 35.5. The van der Waals surface area contributed by atoms with Gasteiger partial charge in [-0.1, -0.05) is 11.6 Å². The predicted octanol–water partition coefficient (Wildman–Crippen LogP) is 4.25. The fourth-order valence-electron chi connectivity index (χ4n) is 4.88. The first-order chi connectivity index (χ1) is 13.1. The fourth-order valence-corrected chi connectivity index (χ4v) is 5.05. The molecule has 154 valence electrons. The minimum absolute atomic E-state index is 0. The van der Waals surface area contributed by atoms with Crippen LogP contribution in [0.15, 0.2) is 18.2 Å². The average molecular weight is 426 g/mol. The summed E-state index contributed by atoms with van der Waals surface area (Å²) < 4.78 is 0. The Hall–Kier alpha value is -1.30. The zero-order valence-electron chi connectivity index (χ0n) is 16.1. The highest BCUT2D eigenvalue weighted by molar-refractivity contribution is 6.31. The lowest BCUT2D eigenvalue weighted by atomic mass is 9.89. The van der Waals surface area contributed by atoms with Crippen molar-refractivity contribution < 1.29 is 9.59 Å². The van der Waals surface area contributed by atoms with Crippen LogP contribution in [0.1, 0.15) is 61.7 Å². The van der Waals surface area contributed by atoms with Crippen LogP contribution in [0.2, 0.25) is 5.02 Å². The number of nitrogens with one attached hydrogen (secondary N) is 2. The lowest BCUT2D eigenvalue weighted by Crippen LogP contribution is -2.39. The molecule has 0 radical (unpaired) electrons. The van der Waals surface area contributed by atoms with E-state index in [0.29, 0.717) is 40.7 Å². The Kier molecular flexibility index (Phi) is 7.24.